The van der Waals surface area contributed by atoms with Crippen LogP contribution in [-0.2, 0) is 4.74 Å². The number of carboxylic acid groups (broad SMARTS) is 1. The summed E-state index contributed by atoms with van der Waals surface area (Å²) in [5.74, 6) is 0. The molecule has 0 aromatic carbocycles. The van der Waals surface area contributed by atoms with Gasteiger partial charge in [0.2, 0.25) is 0 Å². The van der Waals surface area contributed by atoms with Crippen LogP contribution in [0, 0.1) is 0 Å². The lowest BCUT2D eigenvalue weighted by molar-refractivity contribution is 0.0148. The van der Waals surface area contributed by atoms with E-state index in [0.29, 0.717) is 6.54 Å². The fourth-order valence-corrected chi connectivity index (χ4v) is 1.61. The highest BCUT2D eigenvalue weighted by atomic mass is 16.5. The van der Waals surface area contributed by atoms with Crippen molar-refractivity contribution in [3.05, 3.63) is 0 Å². The van der Waals surface area contributed by atoms with Crippen LogP contribution in [0.15, 0.2) is 0 Å². The number of likely N-dealkylation sites (N-methyl/N-ethyl adjacent to an activating group) is 1. The molecule has 1 fully saturated rings. The van der Waals surface area contributed by atoms with Gasteiger partial charge in [0.05, 0.1) is 13.2 Å². The standard InChI is InChI=1S/C9H18N2O3/c1-8(7-10(2)9(12)13)11-3-5-14-6-4-11/h8H,3-7H2,1-2H3,(H,12,13). The topological polar surface area (TPSA) is 53.0 Å². The molecule has 0 spiro atoms. The Balaban J connectivity index is 2.32. The molecule has 0 aliphatic carbocycles. The third-order valence-electron chi connectivity index (χ3n) is 2.53. The van der Waals surface area contributed by atoms with E-state index >= 15 is 0 Å². The van der Waals surface area contributed by atoms with Gasteiger partial charge in [-0.2, -0.15) is 0 Å². The molecule has 1 unspecified atom stereocenters. The molecule has 0 aromatic heterocycles. The average molecular weight is 202 g/mol. The second-order valence-electron chi connectivity index (χ2n) is 3.66. The van der Waals surface area contributed by atoms with Crippen LogP contribution in [0.25, 0.3) is 0 Å². The van der Waals surface area contributed by atoms with Crippen molar-refractivity contribution >= 4 is 6.09 Å². The number of morpholine rings is 1. The molecule has 0 aromatic rings. The van der Waals surface area contributed by atoms with E-state index in [2.05, 4.69) is 4.90 Å². The zero-order valence-electron chi connectivity index (χ0n) is 8.77. The summed E-state index contributed by atoms with van der Waals surface area (Å²) in [7, 11) is 1.60. The predicted octanol–water partition coefficient (Wildman–Crippen LogP) is 0.317. The zero-order valence-corrected chi connectivity index (χ0v) is 8.77. The maximum Gasteiger partial charge on any atom is 0.407 e. The van der Waals surface area contributed by atoms with Crippen LogP contribution in [0.4, 0.5) is 4.79 Å². The molecular formula is C9H18N2O3. The van der Waals surface area contributed by atoms with Crippen molar-refractivity contribution in [2.75, 3.05) is 39.9 Å². The maximum absolute atomic E-state index is 10.6. The van der Waals surface area contributed by atoms with Crippen LogP contribution < -0.4 is 0 Å². The van der Waals surface area contributed by atoms with Gasteiger partial charge in [0.15, 0.2) is 0 Å². The Hall–Kier alpha value is -0.810. The summed E-state index contributed by atoms with van der Waals surface area (Å²) in [6, 6.07) is 0.264. The van der Waals surface area contributed by atoms with E-state index in [9.17, 15) is 4.79 Å². The van der Waals surface area contributed by atoms with E-state index in [0.717, 1.165) is 26.3 Å². The van der Waals surface area contributed by atoms with Crippen molar-refractivity contribution in [3.8, 4) is 0 Å². The molecule has 1 heterocycles. The first-order chi connectivity index (χ1) is 6.61. The normalized spacial score (nSPS) is 20.4. The summed E-state index contributed by atoms with van der Waals surface area (Å²) in [6.45, 7) is 5.89. The molecule has 1 amide bonds. The van der Waals surface area contributed by atoms with E-state index in [-0.39, 0.29) is 6.04 Å². The van der Waals surface area contributed by atoms with Crippen molar-refractivity contribution < 1.29 is 14.6 Å². The quantitative estimate of drug-likeness (QED) is 0.716. The van der Waals surface area contributed by atoms with Crippen molar-refractivity contribution in [1.82, 2.24) is 9.80 Å². The van der Waals surface area contributed by atoms with Crippen molar-refractivity contribution in [2.45, 2.75) is 13.0 Å². The Morgan fingerprint density at radius 3 is 2.64 bits per heavy atom. The Morgan fingerprint density at radius 1 is 1.57 bits per heavy atom. The highest BCUT2D eigenvalue weighted by Crippen LogP contribution is 2.04. The zero-order chi connectivity index (χ0) is 10.6. The minimum Gasteiger partial charge on any atom is -0.465 e. The largest absolute Gasteiger partial charge is 0.465 e. The van der Waals surface area contributed by atoms with Gasteiger partial charge < -0.3 is 14.7 Å². The van der Waals surface area contributed by atoms with Crippen LogP contribution in [-0.4, -0.2) is 66.9 Å². The van der Waals surface area contributed by atoms with Crippen LogP contribution in [0.3, 0.4) is 0 Å². The predicted molar refractivity (Wildman–Crippen MR) is 52.5 cm³/mol. The molecule has 1 aliphatic rings. The molecule has 1 saturated heterocycles. The van der Waals surface area contributed by atoms with Gasteiger partial charge in [-0.1, -0.05) is 0 Å². The van der Waals surface area contributed by atoms with Gasteiger partial charge in [0, 0.05) is 32.7 Å². The second-order valence-corrected chi connectivity index (χ2v) is 3.66. The van der Waals surface area contributed by atoms with Crippen molar-refractivity contribution in [1.29, 1.82) is 0 Å². The van der Waals surface area contributed by atoms with Crippen LogP contribution in [0.5, 0.6) is 0 Å². The minimum atomic E-state index is -0.870. The molecule has 1 aliphatic heterocycles. The molecule has 1 rings (SSSR count). The van der Waals surface area contributed by atoms with Crippen molar-refractivity contribution in [2.24, 2.45) is 0 Å². The van der Waals surface area contributed by atoms with Gasteiger partial charge in [-0.15, -0.1) is 0 Å². The van der Waals surface area contributed by atoms with E-state index in [1.165, 1.54) is 4.90 Å². The second kappa shape index (κ2) is 5.17. The third-order valence-corrected chi connectivity index (χ3v) is 2.53. The highest BCUT2D eigenvalue weighted by molar-refractivity contribution is 5.64. The van der Waals surface area contributed by atoms with Crippen molar-refractivity contribution in [3.63, 3.8) is 0 Å². The molecule has 0 bridgehead atoms. The molecule has 5 heteroatoms. The lowest BCUT2D eigenvalue weighted by Gasteiger charge is -2.33. The van der Waals surface area contributed by atoms with E-state index in [1.807, 2.05) is 6.92 Å². The lowest BCUT2D eigenvalue weighted by Crippen LogP contribution is -2.47. The molecule has 14 heavy (non-hydrogen) atoms. The summed E-state index contributed by atoms with van der Waals surface area (Å²) >= 11 is 0. The van der Waals surface area contributed by atoms with Gasteiger partial charge in [-0.25, -0.2) is 4.79 Å². The molecule has 1 atom stereocenters. The average Bonchev–Trinajstić information content (AvgIpc) is 2.19. The summed E-state index contributed by atoms with van der Waals surface area (Å²) < 4.78 is 5.23. The number of carbonyl (C=O) groups is 1. The maximum atomic E-state index is 10.6. The smallest absolute Gasteiger partial charge is 0.407 e. The first-order valence-corrected chi connectivity index (χ1v) is 4.87. The number of ether oxygens (including phenoxy) is 1. The van der Waals surface area contributed by atoms with E-state index in [1.54, 1.807) is 7.05 Å². The molecule has 82 valence electrons. The lowest BCUT2D eigenvalue weighted by atomic mass is 10.2. The molecule has 0 saturated carbocycles. The Labute approximate surface area is 84.2 Å². The first-order valence-electron chi connectivity index (χ1n) is 4.87. The first kappa shape index (κ1) is 11.3. The van der Waals surface area contributed by atoms with Crippen LogP contribution in [0.1, 0.15) is 6.92 Å². The highest BCUT2D eigenvalue weighted by Gasteiger charge is 2.19. The number of nitrogens with zero attached hydrogens (tertiary/aromatic N) is 2. The fourth-order valence-electron chi connectivity index (χ4n) is 1.61. The SMILES string of the molecule is CC(CN(C)C(=O)O)N1CCOCC1. The minimum absolute atomic E-state index is 0.264. The summed E-state index contributed by atoms with van der Waals surface area (Å²) in [4.78, 5) is 14.2. The summed E-state index contributed by atoms with van der Waals surface area (Å²) in [5.41, 5.74) is 0. The molecule has 5 nitrogen and oxygen atoms in total. The number of rotatable bonds is 3. The molecular weight excluding hydrogens is 184 g/mol. The van der Waals surface area contributed by atoms with Crippen LogP contribution >= 0.6 is 0 Å². The van der Waals surface area contributed by atoms with Gasteiger partial charge in [-0.3, -0.25) is 4.90 Å². The van der Waals surface area contributed by atoms with Gasteiger partial charge in [0.25, 0.3) is 0 Å². The third kappa shape index (κ3) is 3.16. The molecule has 0 radical (unpaired) electrons. The monoisotopic (exact) mass is 202 g/mol. The Kier molecular flexibility index (Phi) is 4.16. The number of hydrogen-bond acceptors (Lipinski definition) is 3. The summed E-state index contributed by atoms with van der Waals surface area (Å²) in [5, 5.41) is 8.71. The Bertz CT molecular complexity index is 192. The summed E-state index contributed by atoms with van der Waals surface area (Å²) in [6.07, 6.45) is -0.870. The van der Waals surface area contributed by atoms with Gasteiger partial charge in [-0.05, 0) is 6.92 Å². The Morgan fingerprint density at radius 2 is 2.14 bits per heavy atom. The number of hydrogen-bond donors (Lipinski definition) is 1. The number of amides is 1. The van der Waals surface area contributed by atoms with Gasteiger partial charge in [0.1, 0.15) is 0 Å². The van der Waals surface area contributed by atoms with Gasteiger partial charge >= 0.3 is 6.09 Å². The van der Waals surface area contributed by atoms with E-state index in [4.69, 9.17) is 9.84 Å². The van der Waals surface area contributed by atoms with E-state index < -0.39 is 6.09 Å². The van der Waals surface area contributed by atoms with Crippen LogP contribution in [0.2, 0.25) is 0 Å². The fraction of sp³-hybridized carbons (Fsp3) is 0.889. The molecule has 1 N–H and O–H groups in total.